The molecule has 1 aliphatic heterocycles. The van der Waals surface area contributed by atoms with Gasteiger partial charge in [-0.15, -0.1) is 10.2 Å². The molecule has 1 aromatic heterocycles. The highest BCUT2D eigenvalue weighted by Crippen LogP contribution is 2.31. The zero-order valence-electron chi connectivity index (χ0n) is 18.2. The zero-order valence-corrected chi connectivity index (χ0v) is 19.0. The molecule has 11 heteroatoms. The summed E-state index contributed by atoms with van der Waals surface area (Å²) < 4.78 is 15.5. The summed E-state index contributed by atoms with van der Waals surface area (Å²) in [5, 5.41) is 22.3. The Morgan fingerprint density at radius 1 is 1.18 bits per heavy atom. The number of thioether (sulfide) groups is 1. The van der Waals surface area contributed by atoms with Crippen LogP contribution < -0.4 is 10.2 Å². The van der Waals surface area contributed by atoms with Crippen molar-refractivity contribution in [2.45, 2.75) is 37.1 Å². The van der Waals surface area contributed by atoms with Gasteiger partial charge in [0.1, 0.15) is 0 Å². The number of benzene rings is 2. The monoisotopic (exact) mass is 470 g/mol. The minimum absolute atomic E-state index is 0.151. The van der Waals surface area contributed by atoms with Crippen LogP contribution in [-0.2, 0) is 4.79 Å². The molecule has 33 heavy (non-hydrogen) atoms. The number of nitrogens with zero attached hydrogens (tertiary/aromatic N) is 5. The molecule has 1 atom stereocenters. The number of nitrogens with one attached hydrogen (secondary N) is 1. The highest BCUT2D eigenvalue weighted by molar-refractivity contribution is 8.00. The van der Waals surface area contributed by atoms with E-state index < -0.39 is 21.7 Å². The van der Waals surface area contributed by atoms with Crippen LogP contribution in [0.15, 0.2) is 47.6 Å². The standard InChI is InChI=1S/C22H23FN6O3S/c1-14-5-8-17(9-6-14)28-21(27-11-3-4-12-27)25-26-22(28)33-15(2)20(30)24-16-7-10-18(23)19(13-16)29(31)32/h5-10,13,15H,3-4,11-12H2,1-2H3,(H,24,30). The van der Waals surface area contributed by atoms with E-state index >= 15 is 0 Å². The summed E-state index contributed by atoms with van der Waals surface area (Å²) >= 11 is 1.23. The highest BCUT2D eigenvalue weighted by Gasteiger charge is 2.25. The number of anilines is 2. The fraction of sp³-hybridized carbons (Fsp3) is 0.318. The molecule has 4 rings (SSSR count). The molecular weight excluding hydrogens is 447 g/mol. The van der Waals surface area contributed by atoms with Gasteiger partial charge in [0.2, 0.25) is 17.7 Å². The van der Waals surface area contributed by atoms with Crippen LogP contribution in [0.3, 0.4) is 0 Å². The van der Waals surface area contributed by atoms with Gasteiger partial charge in [-0.1, -0.05) is 29.5 Å². The van der Waals surface area contributed by atoms with E-state index in [0.717, 1.165) is 55.3 Å². The van der Waals surface area contributed by atoms with Crippen LogP contribution >= 0.6 is 11.8 Å². The van der Waals surface area contributed by atoms with Gasteiger partial charge in [-0.05, 0) is 51.0 Å². The Balaban J connectivity index is 1.57. The number of nitro groups is 1. The number of carbonyl (C=O) groups excluding carboxylic acids is 1. The van der Waals surface area contributed by atoms with Gasteiger partial charge in [0.25, 0.3) is 0 Å². The van der Waals surface area contributed by atoms with Crippen molar-refractivity contribution >= 4 is 35.0 Å². The molecule has 2 heterocycles. The summed E-state index contributed by atoms with van der Waals surface area (Å²) in [6, 6.07) is 11.3. The van der Waals surface area contributed by atoms with Crippen LogP contribution in [0.5, 0.6) is 0 Å². The molecule has 1 unspecified atom stereocenters. The lowest BCUT2D eigenvalue weighted by Gasteiger charge is -2.19. The fourth-order valence-corrected chi connectivity index (χ4v) is 4.43. The fourth-order valence-electron chi connectivity index (χ4n) is 3.57. The Kier molecular flexibility index (Phi) is 6.59. The van der Waals surface area contributed by atoms with E-state index in [9.17, 15) is 19.3 Å². The van der Waals surface area contributed by atoms with Gasteiger partial charge in [0, 0.05) is 24.8 Å². The van der Waals surface area contributed by atoms with Crippen molar-refractivity contribution in [1.29, 1.82) is 0 Å². The van der Waals surface area contributed by atoms with Gasteiger partial charge in [-0.25, -0.2) is 0 Å². The number of aryl methyl sites for hydroxylation is 1. The molecule has 0 radical (unpaired) electrons. The van der Waals surface area contributed by atoms with Gasteiger partial charge >= 0.3 is 5.69 Å². The maximum Gasteiger partial charge on any atom is 0.306 e. The van der Waals surface area contributed by atoms with Gasteiger partial charge < -0.3 is 10.2 Å². The zero-order chi connectivity index (χ0) is 23.5. The van der Waals surface area contributed by atoms with Gasteiger partial charge in [0.15, 0.2) is 5.16 Å². The molecular formula is C22H23FN6O3S. The quantitative estimate of drug-likeness (QED) is 0.311. The van der Waals surface area contributed by atoms with E-state index in [1.807, 2.05) is 35.8 Å². The molecule has 0 aliphatic carbocycles. The average molecular weight is 471 g/mol. The first-order valence-electron chi connectivity index (χ1n) is 10.5. The number of hydrogen-bond acceptors (Lipinski definition) is 7. The van der Waals surface area contributed by atoms with Crippen LogP contribution in [0.4, 0.5) is 21.7 Å². The summed E-state index contributed by atoms with van der Waals surface area (Å²) in [5.41, 5.74) is 1.49. The lowest BCUT2D eigenvalue weighted by atomic mass is 10.2. The maximum atomic E-state index is 13.6. The number of carbonyl (C=O) groups is 1. The predicted molar refractivity (Wildman–Crippen MR) is 125 cm³/mol. The summed E-state index contributed by atoms with van der Waals surface area (Å²) in [7, 11) is 0. The summed E-state index contributed by atoms with van der Waals surface area (Å²) in [6.45, 7) is 5.52. The van der Waals surface area contributed by atoms with E-state index in [-0.39, 0.29) is 11.6 Å². The van der Waals surface area contributed by atoms with Crippen molar-refractivity contribution in [1.82, 2.24) is 14.8 Å². The maximum absolute atomic E-state index is 13.6. The second-order valence-electron chi connectivity index (χ2n) is 7.82. The third-order valence-electron chi connectivity index (χ3n) is 5.36. The molecule has 0 saturated carbocycles. The van der Waals surface area contributed by atoms with Gasteiger partial charge in [0.05, 0.1) is 15.9 Å². The number of aromatic nitrogens is 3. The van der Waals surface area contributed by atoms with Crippen molar-refractivity contribution in [3.8, 4) is 5.69 Å². The first-order valence-corrected chi connectivity index (χ1v) is 11.4. The molecule has 9 nitrogen and oxygen atoms in total. The van der Waals surface area contributed by atoms with E-state index in [4.69, 9.17) is 0 Å². The second-order valence-corrected chi connectivity index (χ2v) is 9.13. The summed E-state index contributed by atoms with van der Waals surface area (Å²) in [6.07, 6.45) is 2.18. The Morgan fingerprint density at radius 2 is 1.88 bits per heavy atom. The van der Waals surface area contributed by atoms with Crippen molar-refractivity contribution in [2.75, 3.05) is 23.3 Å². The van der Waals surface area contributed by atoms with E-state index in [2.05, 4.69) is 20.4 Å². The lowest BCUT2D eigenvalue weighted by Crippen LogP contribution is -2.24. The Hall–Kier alpha value is -3.47. The Bertz CT molecular complexity index is 1180. The smallest absolute Gasteiger partial charge is 0.306 e. The molecule has 1 saturated heterocycles. The predicted octanol–water partition coefficient (Wildman–Crippen LogP) is 4.34. The number of halogens is 1. The molecule has 3 aromatic rings. The number of amides is 1. The Labute approximate surface area is 194 Å². The van der Waals surface area contributed by atoms with Crippen molar-refractivity contribution in [3.63, 3.8) is 0 Å². The molecule has 172 valence electrons. The van der Waals surface area contributed by atoms with Crippen molar-refractivity contribution in [2.24, 2.45) is 0 Å². The van der Waals surface area contributed by atoms with Crippen LogP contribution in [0, 0.1) is 22.9 Å². The van der Waals surface area contributed by atoms with Crippen LogP contribution in [0.1, 0.15) is 25.3 Å². The molecule has 2 aromatic carbocycles. The minimum Gasteiger partial charge on any atom is -0.341 e. The van der Waals surface area contributed by atoms with E-state index in [1.165, 1.54) is 17.8 Å². The number of nitro benzene ring substituents is 1. The van der Waals surface area contributed by atoms with E-state index in [1.54, 1.807) is 6.92 Å². The third-order valence-corrected chi connectivity index (χ3v) is 6.40. The highest BCUT2D eigenvalue weighted by atomic mass is 32.2. The normalized spacial score (nSPS) is 14.3. The van der Waals surface area contributed by atoms with E-state index in [0.29, 0.717) is 5.16 Å². The van der Waals surface area contributed by atoms with Crippen LogP contribution in [0.25, 0.3) is 5.69 Å². The number of hydrogen-bond donors (Lipinski definition) is 1. The van der Waals surface area contributed by atoms with Gasteiger partial charge in [-0.2, -0.15) is 4.39 Å². The Morgan fingerprint density at radius 3 is 2.55 bits per heavy atom. The first kappa shape index (κ1) is 22.7. The lowest BCUT2D eigenvalue weighted by molar-refractivity contribution is -0.387. The molecule has 1 N–H and O–H groups in total. The van der Waals surface area contributed by atoms with Crippen LogP contribution in [-0.4, -0.2) is 43.9 Å². The van der Waals surface area contributed by atoms with Crippen LogP contribution in [0.2, 0.25) is 0 Å². The first-order chi connectivity index (χ1) is 15.8. The topological polar surface area (TPSA) is 106 Å². The number of rotatable bonds is 7. The second kappa shape index (κ2) is 9.57. The van der Waals surface area contributed by atoms with Crippen molar-refractivity contribution < 1.29 is 14.1 Å². The molecule has 1 amide bonds. The minimum atomic E-state index is -0.957. The largest absolute Gasteiger partial charge is 0.341 e. The van der Waals surface area contributed by atoms with Crippen molar-refractivity contribution in [3.05, 3.63) is 64.0 Å². The van der Waals surface area contributed by atoms with Gasteiger partial charge in [-0.3, -0.25) is 19.5 Å². The molecule has 0 spiro atoms. The average Bonchev–Trinajstić information content (AvgIpc) is 3.45. The molecule has 1 fully saturated rings. The summed E-state index contributed by atoms with van der Waals surface area (Å²) in [5.74, 6) is -0.608. The molecule has 0 bridgehead atoms. The third kappa shape index (κ3) is 4.98. The SMILES string of the molecule is Cc1ccc(-n2c(SC(C)C(=O)Nc3ccc(F)c([N+](=O)[O-])c3)nnc2N2CCCC2)cc1. The molecule has 1 aliphatic rings. The summed E-state index contributed by atoms with van der Waals surface area (Å²) in [4.78, 5) is 25.1.